The number of aromatic nitrogens is 2. The Balaban J connectivity index is 2.15. The van der Waals surface area contributed by atoms with Crippen molar-refractivity contribution in [2.45, 2.75) is 19.8 Å². The first-order valence-corrected chi connectivity index (χ1v) is 5.65. The molecule has 0 amide bonds. The molecular formula is C12H17N3O. The van der Waals surface area contributed by atoms with Crippen LogP contribution in [0.15, 0.2) is 18.2 Å². The molecule has 0 saturated carbocycles. The van der Waals surface area contributed by atoms with Crippen molar-refractivity contribution in [1.82, 2.24) is 9.97 Å². The van der Waals surface area contributed by atoms with E-state index in [-0.39, 0.29) is 0 Å². The van der Waals surface area contributed by atoms with Crippen LogP contribution < -0.4 is 10.5 Å². The Morgan fingerprint density at radius 3 is 3.06 bits per heavy atom. The number of rotatable bonds is 5. The van der Waals surface area contributed by atoms with Crippen LogP contribution in [0.5, 0.6) is 5.75 Å². The Kier molecular flexibility index (Phi) is 3.41. The van der Waals surface area contributed by atoms with Gasteiger partial charge in [-0.3, -0.25) is 0 Å². The van der Waals surface area contributed by atoms with Crippen LogP contribution >= 0.6 is 0 Å². The highest BCUT2D eigenvalue weighted by molar-refractivity contribution is 5.76. The molecular weight excluding hydrogens is 202 g/mol. The topological polar surface area (TPSA) is 63.9 Å². The highest BCUT2D eigenvalue weighted by Gasteiger charge is 2.02. The number of aryl methyl sites for hydroxylation is 1. The molecule has 16 heavy (non-hydrogen) atoms. The summed E-state index contributed by atoms with van der Waals surface area (Å²) in [6.45, 7) is 3.40. The van der Waals surface area contributed by atoms with Gasteiger partial charge in [0.15, 0.2) is 0 Å². The molecule has 0 aliphatic rings. The van der Waals surface area contributed by atoms with E-state index in [0.29, 0.717) is 13.2 Å². The third kappa shape index (κ3) is 2.33. The van der Waals surface area contributed by atoms with Gasteiger partial charge in [-0.15, -0.1) is 0 Å². The molecule has 1 aromatic carbocycles. The van der Waals surface area contributed by atoms with E-state index in [0.717, 1.165) is 35.4 Å². The van der Waals surface area contributed by atoms with Gasteiger partial charge in [0.25, 0.3) is 0 Å². The fourth-order valence-electron chi connectivity index (χ4n) is 1.57. The van der Waals surface area contributed by atoms with E-state index < -0.39 is 0 Å². The van der Waals surface area contributed by atoms with Crippen molar-refractivity contribution in [1.29, 1.82) is 0 Å². The Bertz CT molecular complexity index is 464. The summed E-state index contributed by atoms with van der Waals surface area (Å²) in [5.74, 6) is 1.88. The van der Waals surface area contributed by atoms with Crippen molar-refractivity contribution in [2.75, 3.05) is 13.2 Å². The molecule has 0 aliphatic heterocycles. The first-order chi connectivity index (χ1) is 7.83. The summed E-state index contributed by atoms with van der Waals surface area (Å²) in [5.41, 5.74) is 7.43. The fraction of sp³-hybridized carbons (Fsp3) is 0.417. The number of fused-ring (bicyclic) bond motifs is 1. The minimum absolute atomic E-state index is 0.659. The van der Waals surface area contributed by atoms with E-state index in [1.807, 2.05) is 18.2 Å². The van der Waals surface area contributed by atoms with E-state index in [4.69, 9.17) is 10.5 Å². The second-order valence-corrected chi connectivity index (χ2v) is 3.71. The minimum Gasteiger partial charge on any atom is -0.493 e. The molecule has 0 aliphatic carbocycles. The molecule has 1 heterocycles. The van der Waals surface area contributed by atoms with E-state index in [9.17, 15) is 0 Å². The molecule has 0 spiro atoms. The van der Waals surface area contributed by atoms with Crippen LogP contribution in [0.1, 0.15) is 19.2 Å². The number of hydrogen-bond donors (Lipinski definition) is 2. The van der Waals surface area contributed by atoms with Gasteiger partial charge in [0.2, 0.25) is 0 Å². The number of hydrogen-bond acceptors (Lipinski definition) is 3. The number of nitrogens with zero attached hydrogens (tertiary/aromatic N) is 1. The van der Waals surface area contributed by atoms with Gasteiger partial charge in [0.1, 0.15) is 11.6 Å². The maximum absolute atomic E-state index is 5.57. The Labute approximate surface area is 94.8 Å². The third-order valence-electron chi connectivity index (χ3n) is 2.45. The molecule has 0 saturated heterocycles. The van der Waals surface area contributed by atoms with Crippen LogP contribution in [0, 0.1) is 0 Å². The maximum Gasteiger partial charge on any atom is 0.121 e. The molecule has 0 bridgehead atoms. The largest absolute Gasteiger partial charge is 0.493 e. The van der Waals surface area contributed by atoms with Crippen LogP contribution in [0.3, 0.4) is 0 Å². The van der Waals surface area contributed by atoms with Crippen molar-refractivity contribution < 1.29 is 4.74 Å². The van der Waals surface area contributed by atoms with Gasteiger partial charge in [-0.25, -0.2) is 4.98 Å². The predicted molar refractivity (Wildman–Crippen MR) is 64.6 cm³/mol. The Morgan fingerprint density at radius 2 is 2.31 bits per heavy atom. The lowest BCUT2D eigenvalue weighted by Gasteiger charge is -2.04. The lowest BCUT2D eigenvalue weighted by Crippen LogP contribution is -2.05. The van der Waals surface area contributed by atoms with Gasteiger partial charge in [-0.1, -0.05) is 6.92 Å². The lowest BCUT2D eigenvalue weighted by molar-refractivity contribution is 0.314. The lowest BCUT2D eigenvalue weighted by atomic mass is 10.3. The summed E-state index contributed by atoms with van der Waals surface area (Å²) in [6.07, 6.45) is 1.79. The summed E-state index contributed by atoms with van der Waals surface area (Å²) in [6, 6.07) is 5.90. The normalized spacial score (nSPS) is 10.9. The highest BCUT2D eigenvalue weighted by atomic mass is 16.5. The second-order valence-electron chi connectivity index (χ2n) is 3.71. The minimum atomic E-state index is 0.659. The van der Waals surface area contributed by atoms with Crippen molar-refractivity contribution in [3.63, 3.8) is 0 Å². The monoisotopic (exact) mass is 219 g/mol. The average molecular weight is 219 g/mol. The van der Waals surface area contributed by atoms with E-state index in [2.05, 4.69) is 16.9 Å². The molecule has 4 nitrogen and oxygen atoms in total. The maximum atomic E-state index is 5.57. The first kappa shape index (κ1) is 11.0. The highest BCUT2D eigenvalue weighted by Crippen LogP contribution is 2.19. The van der Waals surface area contributed by atoms with Gasteiger partial charge >= 0.3 is 0 Å². The smallest absolute Gasteiger partial charge is 0.121 e. The third-order valence-corrected chi connectivity index (χ3v) is 2.45. The van der Waals surface area contributed by atoms with Crippen molar-refractivity contribution in [3.05, 3.63) is 24.0 Å². The number of nitrogens with two attached hydrogens (primary N) is 1. The van der Waals surface area contributed by atoms with Crippen molar-refractivity contribution in [3.8, 4) is 5.75 Å². The first-order valence-electron chi connectivity index (χ1n) is 5.65. The molecule has 2 rings (SSSR count). The van der Waals surface area contributed by atoms with Gasteiger partial charge in [0.05, 0.1) is 17.6 Å². The van der Waals surface area contributed by atoms with Gasteiger partial charge in [-0.05, 0) is 25.1 Å². The predicted octanol–water partition coefficient (Wildman–Crippen LogP) is 1.85. The summed E-state index contributed by atoms with van der Waals surface area (Å²) in [4.78, 5) is 7.70. The number of ether oxygens (including phenoxy) is 1. The number of benzene rings is 1. The second kappa shape index (κ2) is 4.99. The van der Waals surface area contributed by atoms with Crippen LogP contribution in [0.4, 0.5) is 0 Å². The standard InChI is InChI=1S/C12H17N3O/c1-2-12-14-10-5-4-9(8-11(10)15-12)16-7-3-6-13/h4-5,8H,2-3,6-7,13H2,1H3,(H,14,15). The Hall–Kier alpha value is -1.55. The molecule has 0 radical (unpaired) electrons. The molecule has 1 aromatic heterocycles. The van der Waals surface area contributed by atoms with Crippen molar-refractivity contribution in [2.24, 2.45) is 5.73 Å². The SMILES string of the molecule is CCc1nc2ccc(OCCCN)cc2[nH]1. The summed E-state index contributed by atoms with van der Waals surface area (Å²) in [7, 11) is 0. The van der Waals surface area contributed by atoms with Gasteiger partial charge < -0.3 is 15.5 Å². The van der Waals surface area contributed by atoms with Crippen LogP contribution in [-0.4, -0.2) is 23.1 Å². The summed E-state index contributed by atoms with van der Waals surface area (Å²) in [5, 5.41) is 0. The van der Waals surface area contributed by atoms with Crippen molar-refractivity contribution >= 4 is 11.0 Å². The van der Waals surface area contributed by atoms with Gasteiger partial charge in [-0.2, -0.15) is 0 Å². The molecule has 2 aromatic rings. The average Bonchev–Trinajstić information content (AvgIpc) is 2.71. The number of aromatic amines is 1. The molecule has 3 N–H and O–H groups in total. The zero-order chi connectivity index (χ0) is 11.4. The van der Waals surface area contributed by atoms with Crippen LogP contribution in [-0.2, 0) is 6.42 Å². The van der Waals surface area contributed by atoms with E-state index in [1.165, 1.54) is 0 Å². The molecule has 0 atom stereocenters. The number of nitrogens with one attached hydrogen (secondary N) is 1. The number of imidazole rings is 1. The molecule has 86 valence electrons. The zero-order valence-electron chi connectivity index (χ0n) is 9.49. The quantitative estimate of drug-likeness (QED) is 0.754. The van der Waals surface area contributed by atoms with E-state index >= 15 is 0 Å². The number of H-pyrrole nitrogens is 1. The summed E-state index contributed by atoms with van der Waals surface area (Å²) >= 11 is 0. The zero-order valence-corrected chi connectivity index (χ0v) is 9.49. The molecule has 4 heteroatoms. The van der Waals surface area contributed by atoms with Gasteiger partial charge in [0, 0.05) is 12.5 Å². The fourth-order valence-corrected chi connectivity index (χ4v) is 1.57. The van der Waals surface area contributed by atoms with Crippen LogP contribution in [0.25, 0.3) is 11.0 Å². The Morgan fingerprint density at radius 1 is 1.44 bits per heavy atom. The summed E-state index contributed by atoms with van der Waals surface area (Å²) < 4.78 is 5.57. The van der Waals surface area contributed by atoms with E-state index in [1.54, 1.807) is 0 Å². The molecule has 0 unspecified atom stereocenters. The van der Waals surface area contributed by atoms with Crippen LogP contribution in [0.2, 0.25) is 0 Å². The molecule has 0 fully saturated rings.